The molecule has 1 aliphatic heterocycles. The Morgan fingerprint density at radius 1 is 1.08 bits per heavy atom. The lowest BCUT2D eigenvalue weighted by Gasteiger charge is -2.27. The first-order valence-electron chi connectivity index (χ1n) is 8.96. The van der Waals surface area contributed by atoms with Crippen molar-refractivity contribution in [3.63, 3.8) is 0 Å². The molecule has 1 fully saturated rings. The normalized spacial score (nSPS) is 14.1. The van der Waals surface area contributed by atoms with Gasteiger partial charge in [-0.1, -0.05) is 42.5 Å². The van der Waals surface area contributed by atoms with Crippen LogP contribution >= 0.6 is 0 Å². The van der Waals surface area contributed by atoms with E-state index in [9.17, 15) is 4.79 Å². The van der Waals surface area contributed by atoms with Gasteiger partial charge in [0.15, 0.2) is 11.5 Å². The molecule has 0 aliphatic carbocycles. The Hall–Kier alpha value is -2.53. The number of para-hydroxylation sites is 1. The Labute approximate surface area is 154 Å². The van der Waals surface area contributed by atoms with E-state index in [0.29, 0.717) is 50.8 Å². The van der Waals surface area contributed by atoms with Crippen molar-refractivity contribution >= 4 is 5.91 Å². The molecule has 0 bridgehead atoms. The summed E-state index contributed by atoms with van der Waals surface area (Å²) in [5, 5.41) is 0. The lowest BCUT2D eigenvalue weighted by Crippen LogP contribution is -2.41. The fourth-order valence-electron chi connectivity index (χ4n) is 3.03. The summed E-state index contributed by atoms with van der Waals surface area (Å²) in [6, 6.07) is 15.9. The zero-order valence-corrected chi connectivity index (χ0v) is 15.1. The first kappa shape index (κ1) is 18.3. The van der Waals surface area contributed by atoms with Crippen LogP contribution < -0.4 is 9.47 Å². The van der Waals surface area contributed by atoms with Gasteiger partial charge in [-0.2, -0.15) is 0 Å². The lowest BCUT2D eigenvalue weighted by molar-refractivity contribution is -0.134. The third kappa shape index (κ3) is 4.76. The van der Waals surface area contributed by atoms with Crippen molar-refractivity contribution in [2.45, 2.75) is 12.8 Å². The first-order chi connectivity index (χ1) is 12.8. The van der Waals surface area contributed by atoms with Crippen LogP contribution in [0.25, 0.3) is 0 Å². The molecule has 0 unspecified atom stereocenters. The average molecular weight is 355 g/mol. The summed E-state index contributed by atoms with van der Waals surface area (Å²) in [5.41, 5.74) is 2.07. The van der Waals surface area contributed by atoms with Crippen molar-refractivity contribution in [2.24, 2.45) is 0 Å². The van der Waals surface area contributed by atoms with Gasteiger partial charge in [-0.25, -0.2) is 0 Å². The first-order valence-corrected chi connectivity index (χ1v) is 8.96. The van der Waals surface area contributed by atoms with E-state index in [2.05, 4.69) is 12.1 Å². The van der Waals surface area contributed by atoms with Crippen molar-refractivity contribution < 1.29 is 19.0 Å². The Bertz CT molecular complexity index is 711. The van der Waals surface area contributed by atoms with E-state index >= 15 is 0 Å². The summed E-state index contributed by atoms with van der Waals surface area (Å²) in [6.07, 6.45) is 1.10. The topological polar surface area (TPSA) is 48.0 Å². The molecule has 1 aliphatic rings. The van der Waals surface area contributed by atoms with E-state index in [-0.39, 0.29) is 5.91 Å². The maximum Gasteiger partial charge on any atom is 0.227 e. The second-order valence-electron chi connectivity index (χ2n) is 6.20. The Kier molecular flexibility index (Phi) is 6.50. The van der Waals surface area contributed by atoms with Crippen LogP contribution in [0.2, 0.25) is 0 Å². The fraction of sp³-hybridized carbons (Fsp3) is 0.381. The molecule has 3 rings (SSSR count). The highest BCUT2D eigenvalue weighted by atomic mass is 16.5. The fourth-order valence-corrected chi connectivity index (χ4v) is 3.03. The van der Waals surface area contributed by atoms with Crippen molar-refractivity contribution in [3.05, 3.63) is 59.7 Å². The predicted octanol–water partition coefficient (Wildman–Crippen LogP) is 2.72. The van der Waals surface area contributed by atoms with Crippen LogP contribution in [-0.2, 0) is 22.4 Å². The highest BCUT2D eigenvalue weighted by Gasteiger charge is 2.20. The minimum absolute atomic E-state index is 0.0921. The van der Waals surface area contributed by atoms with Crippen molar-refractivity contribution in [3.8, 4) is 11.5 Å². The van der Waals surface area contributed by atoms with Gasteiger partial charge in [0.2, 0.25) is 5.91 Å². The summed E-state index contributed by atoms with van der Waals surface area (Å²) < 4.78 is 16.8. The van der Waals surface area contributed by atoms with Crippen LogP contribution in [0, 0.1) is 0 Å². The molecular formula is C21H25NO4. The second-order valence-corrected chi connectivity index (χ2v) is 6.20. The number of rotatable bonds is 7. The van der Waals surface area contributed by atoms with Gasteiger partial charge in [0, 0.05) is 25.1 Å². The number of benzene rings is 2. The number of hydrogen-bond donors (Lipinski definition) is 0. The van der Waals surface area contributed by atoms with Crippen LogP contribution in [-0.4, -0.2) is 50.8 Å². The molecule has 5 heteroatoms. The maximum atomic E-state index is 12.6. The minimum Gasteiger partial charge on any atom is -0.493 e. The Morgan fingerprint density at radius 3 is 2.58 bits per heavy atom. The summed E-state index contributed by atoms with van der Waals surface area (Å²) >= 11 is 0. The van der Waals surface area contributed by atoms with Gasteiger partial charge in [-0.15, -0.1) is 0 Å². The lowest BCUT2D eigenvalue weighted by atomic mass is 10.1. The maximum absolute atomic E-state index is 12.6. The standard InChI is InChI=1S/C21H25NO4/c1-24-19-9-5-8-18(16-20(23)22-11-14-25-15-12-22)21(19)26-13-10-17-6-3-2-4-7-17/h2-9H,10-16H2,1H3. The molecule has 5 nitrogen and oxygen atoms in total. The van der Waals surface area contributed by atoms with Crippen LogP contribution in [0.15, 0.2) is 48.5 Å². The largest absolute Gasteiger partial charge is 0.493 e. The van der Waals surface area contributed by atoms with Gasteiger partial charge >= 0.3 is 0 Å². The molecule has 2 aromatic rings. The summed E-state index contributed by atoms with van der Waals surface area (Å²) in [7, 11) is 1.62. The molecule has 0 saturated carbocycles. The molecule has 0 radical (unpaired) electrons. The molecule has 1 heterocycles. The van der Waals surface area contributed by atoms with Gasteiger partial charge in [0.05, 0.1) is 33.4 Å². The van der Waals surface area contributed by atoms with Crippen LogP contribution in [0.4, 0.5) is 0 Å². The van der Waals surface area contributed by atoms with Gasteiger partial charge in [0.25, 0.3) is 0 Å². The smallest absolute Gasteiger partial charge is 0.227 e. The molecule has 0 spiro atoms. The molecule has 1 amide bonds. The van der Waals surface area contributed by atoms with E-state index in [1.165, 1.54) is 5.56 Å². The van der Waals surface area contributed by atoms with Crippen molar-refractivity contribution in [2.75, 3.05) is 40.0 Å². The van der Waals surface area contributed by atoms with Crippen molar-refractivity contribution in [1.82, 2.24) is 4.90 Å². The zero-order chi connectivity index (χ0) is 18.2. The number of ether oxygens (including phenoxy) is 3. The molecular weight excluding hydrogens is 330 g/mol. The molecule has 0 atom stereocenters. The third-order valence-electron chi connectivity index (χ3n) is 4.47. The van der Waals surface area contributed by atoms with E-state index in [1.807, 2.05) is 41.3 Å². The highest BCUT2D eigenvalue weighted by Crippen LogP contribution is 2.32. The van der Waals surface area contributed by atoms with Gasteiger partial charge in [-0.05, 0) is 11.6 Å². The van der Waals surface area contributed by atoms with Gasteiger partial charge in [0.1, 0.15) is 0 Å². The summed E-state index contributed by atoms with van der Waals surface area (Å²) in [4.78, 5) is 14.4. The Morgan fingerprint density at radius 2 is 1.85 bits per heavy atom. The molecule has 26 heavy (non-hydrogen) atoms. The SMILES string of the molecule is COc1cccc(CC(=O)N2CCOCC2)c1OCCc1ccccc1. The number of methoxy groups -OCH3 is 1. The molecule has 2 aromatic carbocycles. The summed E-state index contributed by atoms with van der Waals surface area (Å²) in [6.45, 7) is 3.03. The number of morpholine rings is 1. The molecule has 138 valence electrons. The number of amides is 1. The predicted molar refractivity (Wildman–Crippen MR) is 99.7 cm³/mol. The quantitative estimate of drug-likeness (QED) is 0.766. The second kappa shape index (κ2) is 9.25. The van der Waals surface area contributed by atoms with Crippen LogP contribution in [0.1, 0.15) is 11.1 Å². The average Bonchev–Trinajstić information content (AvgIpc) is 2.70. The zero-order valence-electron chi connectivity index (χ0n) is 15.1. The minimum atomic E-state index is 0.0921. The Balaban J connectivity index is 1.67. The van der Waals surface area contributed by atoms with Crippen molar-refractivity contribution in [1.29, 1.82) is 0 Å². The van der Waals surface area contributed by atoms with Crippen LogP contribution in [0.3, 0.4) is 0 Å². The highest BCUT2D eigenvalue weighted by molar-refractivity contribution is 5.80. The number of carbonyl (C=O) groups excluding carboxylic acids is 1. The number of hydrogen-bond acceptors (Lipinski definition) is 4. The number of nitrogens with zero attached hydrogens (tertiary/aromatic N) is 1. The summed E-state index contributed by atoms with van der Waals surface area (Å²) in [5.74, 6) is 1.41. The van der Waals surface area contributed by atoms with Gasteiger partial charge in [-0.3, -0.25) is 4.79 Å². The molecule has 0 N–H and O–H groups in total. The van der Waals surface area contributed by atoms with Crippen LogP contribution in [0.5, 0.6) is 11.5 Å². The van der Waals surface area contributed by atoms with E-state index < -0.39 is 0 Å². The molecule has 1 saturated heterocycles. The molecule has 0 aromatic heterocycles. The van der Waals surface area contributed by atoms with E-state index in [1.54, 1.807) is 7.11 Å². The monoisotopic (exact) mass is 355 g/mol. The number of carbonyl (C=O) groups is 1. The third-order valence-corrected chi connectivity index (χ3v) is 4.47. The van der Waals surface area contributed by atoms with E-state index in [4.69, 9.17) is 14.2 Å². The van der Waals surface area contributed by atoms with Gasteiger partial charge < -0.3 is 19.1 Å². The van der Waals surface area contributed by atoms with E-state index in [0.717, 1.165) is 12.0 Å².